The van der Waals surface area contributed by atoms with E-state index in [1.165, 1.54) is 0 Å². The number of carboxylic acids is 1. The molecule has 167 valence electrons. The molecule has 2 rings (SSSR count). The summed E-state index contributed by atoms with van der Waals surface area (Å²) in [5.74, 6) is -1.34. The van der Waals surface area contributed by atoms with Gasteiger partial charge in [-0.15, -0.1) is 0 Å². The first-order valence-corrected chi connectivity index (χ1v) is 11.7. The summed E-state index contributed by atoms with van der Waals surface area (Å²) in [5, 5.41) is 25.1. The Morgan fingerprint density at radius 1 is 0.935 bits per heavy atom. The Hall–Kier alpha value is -2.64. The average molecular weight is 443 g/mol. The fourth-order valence-electron chi connectivity index (χ4n) is 3.47. The maximum Gasteiger partial charge on any atom is 0.408 e. The summed E-state index contributed by atoms with van der Waals surface area (Å²) < 4.78 is 5.19. The van der Waals surface area contributed by atoms with Crippen molar-refractivity contribution in [3.63, 3.8) is 0 Å². The third-order valence-electron chi connectivity index (χ3n) is 4.62. The van der Waals surface area contributed by atoms with Crippen molar-refractivity contribution in [1.29, 1.82) is 0 Å². The van der Waals surface area contributed by atoms with Gasteiger partial charge in [0.25, 0.3) is 0 Å². The van der Waals surface area contributed by atoms with Crippen LogP contribution < -0.4 is 15.7 Å². The van der Waals surface area contributed by atoms with Gasteiger partial charge in [-0.1, -0.05) is 80.6 Å². The fourth-order valence-corrected chi connectivity index (χ4v) is 6.76. The van der Waals surface area contributed by atoms with Gasteiger partial charge in [0.2, 0.25) is 0 Å². The Morgan fingerprint density at radius 3 is 2.00 bits per heavy atom. The van der Waals surface area contributed by atoms with Crippen molar-refractivity contribution in [2.45, 2.75) is 64.3 Å². The van der Waals surface area contributed by atoms with Crippen LogP contribution in [0.5, 0.6) is 0 Å². The van der Waals surface area contributed by atoms with E-state index in [2.05, 4.69) is 38.2 Å². The van der Waals surface area contributed by atoms with Crippen LogP contribution in [0.4, 0.5) is 4.79 Å². The van der Waals surface area contributed by atoms with Gasteiger partial charge in [-0.05, 0) is 36.6 Å². The third kappa shape index (κ3) is 6.67. The topological polar surface area (TPSA) is 95.9 Å². The monoisotopic (exact) mass is 442 g/mol. The van der Waals surface area contributed by atoms with E-state index in [1.807, 2.05) is 30.3 Å². The highest BCUT2D eigenvalue weighted by Crippen LogP contribution is 2.29. The highest BCUT2D eigenvalue weighted by Gasteiger charge is 2.37. The molecule has 0 aliphatic rings. The van der Waals surface area contributed by atoms with E-state index in [0.29, 0.717) is 5.56 Å². The van der Waals surface area contributed by atoms with Crippen LogP contribution in [0.1, 0.15) is 53.2 Å². The van der Waals surface area contributed by atoms with Crippen LogP contribution in [0.3, 0.4) is 0 Å². The minimum Gasteiger partial charge on any atom is -0.480 e. The highest BCUT2D eigenvalue weighted by molar-refractivity contribution is 6.87. The minimum atomic E-state index is -1.55. The molecule has 1 unspecified atom stereocenters. The number of carbonyl (C=O) groups excluding carboxylic acids is 1. The SMILES string of the molecule is CC(C)(C)OC(=O)N[C@H](C(=O)O)C(O)c1ccccc1[Si](c1ccccc1)C(C)(C)C. The molecule has 0 bridgehead atoms. The molecule has 0 spiro atoms. The van der Waals surface area contributed by atoms with Crippen molar-refractivity contribution in [2.75, 3.05) is 0 Å². The number of aliphatic hydroxyl groups is 1. The van der Waals surface area contributed by atoms with Gasteiger partial charge in [0.1, 0.15) is 20.5 Å². The highest BCUT2D eigenvalue weighted by atomic mass is 28.3. The van der Waals surface area contributed by atoms with Gasteiger partial charge in [0.15, 0.2) is 6.04 Å². The number of carbonyl (C=O) groups is 2. The number of alkyl carbamates (subject to hydrolysis) is 1. The maximum atomic E-state index is 12.2. The van der Waals surface area contributed by atoms with Crippen molar-refractivity contribution in [2.24, 2.45) is 0 Å². The summed E-state index contributed by atoms with van der Waals surface area (Å²) >= 11 is 0. The van der Waals surface area contributed by atoms with E-state index in [-0.39, 0.29) is 5.04 Å². The number of carboxylic acid groups (broad SMARTS) is 1. The number of ether oxygens (including phenoxy) is 1. The summed E-state index contributed by atoms with van der Waals surface area (Å²) in [6.45, 7) is 11.5. The van der Waals surface area contributed by atoms with Gasteiger partial charge < -0.3 is 20.3 Å². The largest absolute Gasteiger partial charge is 0.480 e. The van der Waals surface area contributed by atoms with Gasteiger partial charge in [0, 0.05) is 0 Å². The first-order chi connectivity index (χ1) is 14.3. The van der Waals surface area contributed by atoms with E-state index in [9.17, 15) is 19.8 Å². The summed E-state index contributed by atoms with van der Waals surface area (Å²) in [5.41, 5.74) is -0.287. The molecule has 2 aromatic carbocycles. The number of hydrogen-bond acceptors (Lipinski definition) is 4. The number of hydrogen-bond donors (Lipinski definition) is 3. The van der Waals surface area contributed by atoms with Gasteiger partial charge in [0.05, 0.1) is 0 Å². The minimum absolute atomic E-state index is 0.112. The van der Waals surface area contributed by atoms with Crippen molar-refractivity contribution in [3.8, 4) is 0 Å². The lowest BCUT2D eigenvalue weighted by atomic mass is 10.0. The van der Waals surface area contributed by atoms with Crippen LogP contribution >= 0.6 is 0 Å². The molecular formula is C24H32NO5Si. The summed E-state index contributed by atoms with van der Waals surface area (Å²) in [4.78, 5) is 24.1. The molecule has 0 aromatic heterocycles. The molecule has 1 radical (unpaired) electrons. The van der Waals surface area contributed by atoms with Crippen molar-refractivity contribution >= 4 is 31.2 Å². The normalized spacial score (nSPS) is 14.1. The average Bonchev–Trinajstić information content (AvgIpc) is 2.64. The molecule has 2 aromatic rings. The Bertz CT molecular complexity index is 902. The number of aliphatic carboxylic acids is 1. The summed E-state index contributed by atoms with van der Waals surface area (Å²) in [7, 11) is -1.40. The molecule has 2 atom stereocenters. The Kier molecular flexibility index (Phi) is 7.67. The predicted molar refractivity (Wildman–Crippen MR) is 123 cm³/mol. The van der Waals surface area contributed by atoms with E-state index in [4.69, 9.17) is 4.74 Å². The molecule has 0 fully saturated rings. The lowest BCUT2D eigenvalue weighted by Crippen LogP contribution is -2.53. The van der Waals surface area contributed by atoms with Gasteiger partial charge >= 0.3 is 12.1 Å². The first kappa shape index (κ1) is 24.6. The number of rotatable bonds is 6. The molecule has 0 aliphatic carbocycles. The van der Waals surface area contributed by atoms with Crippen LogP contribution in [0, 0.1) is 0 Å². The molecule has 31 heavy (non-hydrogen) atoms. The molecule has 0 saturated heterocycles. The zero-order valence-electron chi connectivity index (χ0n) is 19.0. The van der Waals surface area contributed by atoms with E-state index in [0.717, 1.165) is 10.4 Å². The van der Waals surface area contributed by atoms with Crippen molar-refractivity contribution in [1.82, 2.24) is 5.32 Å². The first-order valence-electron chi connectivity index (χ1n) is 10.2. The summed E-state index contributed by atoms with van der Waals surface area (Å²) in [6.07, 6.45) is -2.33. The van der Waals surface area contributed by atoms with Crippen LogP contribution in [-0.4, -0.2) is 42.7 Å². The van der Waals surface area contributed by atoms with E-state index in [1.54, 1.807) is 32.9 Å². The van der Waals surface area contributed by atoms with Crippen LogP contribution in [0.15, 0.2) is 54.6 Å². The van der Waals surface area contributed by atoms with Crippen LogP contribution in [0.25, 0.3) is 0 Å². The molecular weight excluding hydrogens is 410 g/mol. The van der Waals surface area contributed by atoms with Crippen molar-refractivity contribution < 1.29 is 24.5 Å². The Morgan fingerprint density at radius 2 is 1.48 bits per heavy atom. The zero-order chi connectivity index (χ0) is 23.4. The molecule has 3 N–H and O–H groups in total. The van der Waals surface area contributed by atoms with Crippen molar-refractivity contribution in [3.05, 3.63) is 60.2 Å². The smallest absolute Gasteiger partial charge is 0.408 e. The van der Waals surface area contributed by atoms with Crippen LogP contribution in [0.2, 0.25) is 5.04 Å². The van der Waals surface area contributed by atoms with E-state index < -0.39 is 38.6 Å². The predicted octanol–water partition coefficient (Wildman–Crippen LogP) is 3.11. The van der Waals surface area contributed by atoms with Gasteiger partial charge in [-0.3, -0.25) is 0 Å². The second-order valence-corrected chi connectivity index (χ2v) is 12.9. The molecule has 6 nitrogen and oxygen atoms in total. The zero-order valence-corrected chi connectivity index (χ0v) is 20.0. The maximum absolute atomic E-state index is 12.2. The molecule has 7 heteroatoms. The number of nitrogens with one attached hydrogen (secondary N) is 1. The fraction of sp³-hybridized carbons (Fsp3) is 0.417. The molecule has 0 aliphatic heterocycles. The lowest BCUT2D eigenvalue weighted by molar-refractivity contribution is -0.142. The lowest BCUT2D eigenvalue weighted by Gasteiger charge is -2.33. The van der Waals surface area contributed by atoms with Crippen LogP contribution in [-0.2, 0) is 9.53 Å². The second-order valence-electron chi connectivity index (χ2n) is 9.49. The quantitative estimate of drug-likeness (QED) is 0.598. The number of benzene rings is 2. The molecule has 0 saturated carbocycles. The van der Waals surface area contributed by atoms with Gasteiger partial charge in [-0.25, -0.2) is 9.59 Å². The second kappa shape index (κ2) is 9.66. The Labute approximate surface area is 185 Å². The molecule has 0 heterocycles. The number of amides is 1. The van der Waals surface area contributed by atoms with Gasteiger partial charge in [-0.2, -0.15) is 0 Å². The van der Waals surface area contributed by atoms with E-state index >= 15 is 0 Å². The summed E-state index contributed by atoms with van der Waals surface area (Å²) in [6, 6.07) is 15.8. The standard InChI is InChI=1S/C24H32NO5Si/c1-23(2,3)30-22(29)25-19(21(27)28)20(26)17-14-10-11-15-18(17)31(24(4,5)6)16-12-8-7-9-13-16/h7-15,19-20,26H,1-6H3,(H,25,29)(H,27,28)/t19-,20?/m0/s1. The third-order valence-corrected chi connectivity index (χ3v) is 8.02. The Balaban J connectivity index is 2.48. The number of aliphatic hydroxyl groups excluding tert-OH is 1. The molecule has 1 amide bonds.